The highest BCUT2D eigenvalue weighted by Gasteiger charge is 2.44. The molecule has 2 amide bonds. The lowest BCUT2D eigenvalue weighted by Crippen LogP contribution is -2.32. The fraction of sp³-hybridized carbons (Fsp3) is 0.231. The number of hydrogen-bond donors (Lipinski definition) is 2. The third kappa shape index (κ3) is 5.37. The summed E-state index contributed by atoms with van der Waals surface area (Å²) in [6.07, 6.45) is 1.93. The summed E-state index contributed by atoms with van der Waals surface area (Å²) in [5.41, 5.74) is 3.37. The van der Waals surface area contributed by atoms with E-state index in [4.69, 9.17) is 0 Å². The predicted molar refractivity (Wildman–Crippen MR) is 127 cm³/mol. The zero-order chi connectivity index (χ0) is 22.6. The molecule has 1 fully saturated rings. The van der Waals surface area contributed by atoms with Gasteiger partial charge >= 0.3 is 0 Å². The van der Waals surface area contributed by atoms with Crippen LogP contribution in [0.25, 0.3) is 0 Å². The molecule has 0 radical (unpaired) electrons. The summed E-state index contributed by atoms with van der Waals surface area (Å²) in [7, 11) is 0. The number of carbonyl (C=O) groups is 2. The minimum atomic E-state index is -0.258. The molecular formula is C26H25FN2O2S. The first kappa shape index (κ1) is 22.1. The normalized spacial score (nSPS) is 13.9. The molecule has 164 valence electrons. The van der Waals surface area contributed by atoms with Crippen LogP contribution in [-0.2, 0) is 10.2 Å². The lowest BCUT2D eigenvalue weighted by Gasteiger charge is -2.17. The molecular weight excluding hydrogens is 423 g/mol. The van der Waals surface area contributed by atoms with Gasteiger partial charge in [-0.2, -0.15) is 0 Å². The van der Waals surface area contributed by atoms with Gasteiger partial charge in [-0.15, -0.1) is 11.8 Å². The Labute approximate surface area is 191 Å². The van der Waals surface area contributed by atoms with Crippen molar-refractivity contribution in [3.63, 3.8) is 0 Å². The standard InChI is InChI=1S/C26H25FN2O2S/c1-18-6-12-21(13-7-18)29-24(30)16-32-23-5-3-2-4-22(23)25(31)28-17-26(14-15-26)19-8-10-20(27)11-9-19/h2-13H,14-17H2,1H3,(H,28,31)(H,29,30). The van der Waals surface area contributed by atoms with E-state index in [0.29, 0.717) is 12.1 Å². The number of nitrogens with one attached hydrogen (secondary N) is 2. The Morgan fingerprint density at radius 3 is 2.34 bits per heavy atom. The number of amides is 2. The highest BCUT2D eigenvalue weighted by Crippen LogP contribution is 2.47. The van der Waals surface area contributed by atoms with Gasteiger partial charge in [0.05, 0.1) is 11.3 Å². The Morgan fingerprint density at radius 2 is 1.66 bits per heavy atom. The summed E-state index contributed by atoms with van der Waals surface area (Å²) in [4.78, 5) is 26.0. The van der Waals surface area contributed by atoms with Crippen LogP contribution in [0.1, 0.15) is 34.3 Å². The molecule has 1 saturated carbocycles. The summed E-state index contributed by atoms with van der Waals surface area (Å²) < 4.78 is 13.2. The lowest BCUT2D eigenvalue weighted by molar-refractivity contribution is -0.113. The molecule has 0 aliphatic heterocycles. The zero-order valence-electron chi connectivity index (χ0n) is 17.9. The number of hydrogen-bond acceptors (Lipinski definition) is 3. The molecule has 0 atom stereocenters. The zero-order valence-corrected chi connectivity index (χ0v) is 18.7. The molecule has 1 aliphatic rings. The molecule has 6 heteroatoms. The van der Waals surface area contributed by atoms with Gasteiger partial charge in [-0.25, -0.2) is 4.39 Å². The van der Waals surface area contributed by atoms with Crippen molar-refractivity contribution in [2.24, 2.45) is 0 Å². The van der Waals surface area contributed by atoms with Gasteiger partial charge in [0.1, 0.15) is 5.82 Å². The van der Waals surface area contributed by atoms with E-state index in [9.17, 15) is 14.0 Å². The molecule has 3 aromatic rings. The summed E-state index contributed by atoms with van der Waals surface area (Å²) in [5.74, 6) is -0.341. The molecule has 4 rings (SSSR count). The number of anilines is 1. The average molecular weight is 449 g/mol. The van der Waals surface area contributed by atoms with E-state index in [-0.39, 0.29) is 28.8 Å². The molecule has 32 heavy (non-hydrogen) atoms. The van der Waals surface area contributed by atoms with Crippen LogP contribution in [-0.4, -0.2) is 24.1 Å². The second-order valence-electron chi connectivity index (χ2n) is 8.17. The molecule has 4 nitrogen and oxygen atoms in total. The van der Waals surface area contributed by atoms with E-state index >= 15 is 0 Å². The van der Waals surface area contributed by atoms with Crippen molar-refractivity contribution in [1.29, 1.82) is 0 Å². The first-order chi connectivity index (χ1) is 15.4. The van der Waals surface area contributed by atoms with Crippen molar-refractivity contribution < 1.29 is 14.0 Å². The van der Waals surface area contributed by atoms with Gasteiger partial charge < -0.3 is 10.6 Å². The minimum Gasteiger partial charge on any atom is -0.351 e. The summed E-state index contributed by atoms with van der Waals surface area (Å²) in [6.45, 7) is 2.50. The minimum absolute atomic E-state index is 0.112. The van der Waals surface area contributed by atoms with Crippen molar-refractivity contribution in [2.75, 3.05) is 17.6 Å². The molecule has 0 bridgehead atoms. The molecule has 0 aromatic heterocycles. The maximum Gasteiger partial charge on any atom is 0.252 e. The fourth-order valence-corrected chi connectivity index (χ4v) is 4.47. The monoisotopic (exact) mass is 448 g/mol. The molecule has 0 spiro atoms. The fourth-order valence-electron chi connectivity index (χ4n) is 3.62. The Bertz CT molecular complexity index is 1110. The van der Waals surface area contributed by atoms with Crippen molar-refractivity contribution in [3.05, 3.63) is 95.3 Å². The van der Waals surface area contributed by atoms with Gasteiger partial charge in [-0.3, -0.25) is 9.59 Å². The number of carbonyl (C=O) groups excluding carboxylic acids is 2. The van der Waals surface area contributed by atoms with E-state index in [2.05, 4.69) is 10.6 Å². The topological polar surface area (TPSA) is 58.2 Å². The van der Waals surface area contributed by atoms with Gasteiger partial charge in [-0.1, -0.05) is 42.0 Å². The molecule has 2 N–H and O–H groups in total. The van der Waals surface area contributed by atoms with Crippen LogP contribution >= 0.6 is 11.8 Å². The van der Waals surface area contributed by atoms with Crippen LogP contribution in [0.15, 0.2) is 77.7 Å². The molecule has 0 heterocycles. The van der Waals surface area contributed by atoms with Crippen molar-refractivity contribution in [1.82, 2.24) is 5.32 Å². The van der Waals surface area contributed by atoms with Crippen LogP contribution in [0.2, 0.25) is 0 Å². The van der Waals surface area contributed by atoms with Gasteiger partial charge in [0.25, 0.3) is 5.91 Å². The number of aryl methyl sites for hydroxylation is 1. The Hall–Kier alpha value is -3.12. The molecule has 3 aromatic carbocycles. The van der Waals surface area contributed by atoms with E-state index in [1.807, 2.05) is 49.4 Å². The third-order valence-electron chi connectivity index (χ3n) is 5.72. The third-order valence-corrected chi connectivity index (χ3v) is 6.80. The Balaban J connectivity index is 1.35. The lowest BCUT2D eigenvalue weighted by atomic mass is 9.96. The van der Waals surface area contributed by atoms with E-state index in [1.165, 1.54) is 23.9 Å². The first-order valence-corrected chi connectivity index (χ1v) is 11.6. The Morgan fingerprint density at radius 1 is 0.969 bits per heavy atom. The molecule has 0 unspecified atom stereocenters. The number of rotatable bonds is 8. The summed E-state index contributed by atoms with van der Waals surface area (Å²) in [5, 5.41) is 5.92. The first-order valence-electron chi connectivity index (χ1n) is 10.6. The quantitative estimate of drug-likeness (QED) is 0.458. The predicted octanol–water partition coefficient (Wildman–Crippen LogP) is 5.33. The van der Waals surface area contributed by atoms with Gasteiger partial charge in [-0.05, 0) is 61.7 Å². The highest BCUT2D eigenvalue weighted by molar-refractivity contribution is 8.00. The van der Waals surface area contributed by atoms with Gasteiger partial charge in [0.15, 0.2) is 0 Å². The second-order valence-corrected chi connectivity index (χ2v) is 9.19. The summed E-state index contributed by atoms with van der Waals surface area (Å²) >= 11 is 1.34. The van der Waals surface area contributed by atoms with Crippen LogP contribution in [0.5, 0.6) is 0 Å². The van der Waals surface area contributed by atoms with E-state index in [0.717, 1.165) is 34.6 Å². The number of halogens is 1. The smallest absolute Gasteiger partial charge is 0.252 e. The van der Waals surface area contributed by atoms with E-state index in [1.54, 1.807) is 18.2 Å². The number of benzene rings is 3. The van der Waals surface area contributed by atoms with Crippen molar-refractivity contribution >= 4 is 29.3 Å². The van der Waals surface area contributed by atoms with Crippen LogP contribution in [0.4, 0.5) is 10.1 Å². The Kier molecular flexibility index (Phi) is 6.61. The van der Waals surface area contributed by atoms with Crippen LogP contribution < -0.4 is 10.6 Å². The van der Waals surface area contributed by atoms with E-state index < -0.39 is 0 Å². The summed E-state index contributed by atoms with van der Waals surface area (Å²) in [6, 6.07) is 21.4. The highest BCUT2D eigenvalue weighted by atomic mass is 32.2. The molecule has 0 saturated heterocycles. The van der Waals surface area contributed by atoms with Crippen molar-refractivity contribution in [2.45, 2.75) is 30.1 Å². The van der Waals surface area contributed by atoms with Gasteiger partial charge in [0.2, 0.25) is 5.91 Å². The van der Waals surface area contributed by atoms with Gasteiger partial charge in [0, 0.05) is 22.5 Å². The second kappa shape index (κ2) is 9.57. The average Bonchev–Trinajstić information content (AvgIpc) is 3.59. The molecule has 1 aliphatic carbocycles. The van der Waals surface area contributed by atoms with Crippen LogP contribution in [0, 0.1) is 12.7 Å². The maximum atomic E-state index is 13.2. The largest absolute Gasteiger partial charge is 0.351 e. The maximum absolute atomic E-state index is 13.2. The SMILES string of the molecule is Cc1ccc(NC(=O)CSc2ccccc2C(=O)NCC2(c3ccc(F)cc3)CC2)cc1. The van der Waals surface area contributed by atoms with Crippen LogP contribution in [0.3, 0.4) is 0 Å². The van der Waals surface area contributed by atoms with Crippen molar-refractivity contribution in [3.8, 4) is 0 Å². The number of thioether (sulfide) groups is 1.